The Labute approximate surface area is 211 Å². The van der Waals surface area contributed by atoms with Crippen LogP contribution in [0.2, 0.25) is 23.2 Å². The number of rotatable bonds is 10. The minimum atomic E-state index is -2.70. The van der Waals surface area contributed by atoms with Gasteiger partial charge in [0.15, 0.2) is 8.32 Å². The van der Waals surface area contributed by atoms with Gasteiger partial charge in [0.25, 0.3) is 8.32 Å². The van der Waals surface area contributed by atoms with E-state index in [2.05, 4.69) is 128 Å². The normalized spacial score (nSPS) is 14.8. The molecule has 0 bridgehead atoms. The molecule has 0 aliphatic heterocycles. The molecule has 4 heteroatoms. The van der Waals surface area contributed by atoms with Crippen molar-refractivity contribution in [3.8, 4) is 12.3 Å². The summed E-state index contributed by atoms with van der Waals surface area (Å²) >= 11 is 0. The van der Waals surface area contributed by atoms with Gasteiger partial charge in [0.2, 0.25) is 0 Å². The third-order valence-electron chi connectivity index (χ3n) is 7.12. The summed E-state index contributed by atoms with van der Waals surface area (Å²) in [7, 11) is -4.67. The molecule has 0 N–H and O–H groups in total. The molecule has 0 heterocycles. The van der Waals surface area contributed by atoms with Crippen molar-refractivity contribution >= 4 is 27.0 Å². The number of hydrogen-bond donors (Lipinski definition) is 0. The fourth-order valence-electron chi connectivity index (χ4n) is 4.25. The van der Waals surface area contributed by atoms with E-state index in [4.69, 9.17) is 15.3 Å². The highest BCUT2D eigenvalue weighted by Crippen LogP contribution is 2.40. The molecule has 0 aliphatic rings. The van der Waals surface area contributed by atoms with Crippen LogP contribution in [0.3, 0.4) is 0 Å². The predicted octanol–water partition coefficient (Wildman–Crippen LogP) is 6.92. The van der Waals surface area contributed by atoms with Crippen LogP contribution >= 0.6 is 0 Å². The molecule has 0 saturated heterocycles. The Kier molecular flexibility index (Phi) is 9.35. The van der Waals surface area contributed by atoms with Crippen LogP contribution in [0.15, 0.2) is 73.3 Å². The van der Waals surface area contributed by atoms with Gasteiger partial charge < -0.3 is 8.85 Å². The van der Waals surface area contributed by atoms with Gasteiger partial charge in [-0.05, 0) is 33.5 Å². The Morgan fingerprint density at radius 1 is 0.853 bits per heavy atom. The monoisotopic (exact) mass is 492 g/mol. The molecular formula is C30H44O2Si2. The molecule has 0 saturated carbocycles. The van der Waals surface area contributed by atoms with Crippen LogP contribution in [-0.2, 0) is 8.85 Å². The molecule has 184 valence electrons. The second-order valence-corrected chi connectivity index (χ2v) is 20.7. The minimum Gasteiger partial charge on any atom is -0.410 e. The van der Waals surface area contributed by atoms with Crippen molar-refractivity contribution in [2.75, 3.05) is 0 Å². The van der Waals surface area contributed by atoms with E-state index in [1.807, 2.05) is 6.08 Å². The van der Waals surface area contributed by atoms with Crippen molar-refractivity contribution in [3.05, 3.63) is 73.3 Å². The third-order valence-corrected chi connectivity index (χ3v) is 16.7. The molecule has 0 spiro atoms. The molecule has 0 amide bonds. The first-order valence-electron chi connectivity index (χ1n) is 12.3. The lowest BCUT2D eigenvalue weighted by atomic mass is 10.1. The molecule has 2 nitrogen and oxygen atoms in total. The summed E-state index contributed by atoms with van der Waals surface area (Å²) in [5, 5.41) is 2.54. The SMILES string of the molecule is C#CC[C@@H](C[C@@H](C=C)O[Si](C)(C)C(C)(C)C)O[Si](c1ccccc1)(c1ccccc1)C(C)(C)C. The fourth-order valence-corrected chi connectivity index (χ4v) is 10.2. The average molecular weight is 493 g/mol. The van der Waals surface area contributed by atoms with Crippen LogP contribution in [0.5, 0.6) is 0 Å². The molecule has 2 rings (SSSR count). The van der Waals surface area contributed by atoms with Gasteiger partial charge in [-0.2, -0.15) is 0 Å². The Morgan fingerprint density at radius 2 is 1.32 bits per heavy atom. The molecule has 0 fully saturated rings. The average Bonchev–Trinajstić information content (AvgIpc) is 2.76. The van der Waals surface area contributed by atoms with E-state index in [1.165, 1.54) is 10.4 Å². The molecular weight excluding hydrogens is 449 g/mol. The highest BCUT2D eigenvalue weighted by Gasteiger charge is 2.51. The smallest absolute Gasteiger partial charge is 0.261 e. The predicted molar refractivity (Wildman–Crippen MR) is 153 cm³/mol. The van der Waals surface area contributed by atoms with E-state index in [1.54, 1.807) is 0 Å². The maximum absolute atomic E-state index is 7.33. The topological polar surface area (TPSA) is 18.5 Å². The maximum Gasteiger partial charge on any atom is 0.261 e. The van der Waals surface area contributed by atoms with E-state index in [9.17, 15) is 0 Å². The van der Waals surface area contributed by atoms with Crippen LogP contribution in [0.1, 0.15) is 54.4 Å². The number of benzene rings is 2. The minimum absolute atomic E-state index is 0.0996. The second-order valence-electron chi connectivity index (χ2n) is 11.7. The standard InChI is InChI=1S/C30H44O2Si2/c1-11-19-26(24-25(12-2)31-33(9,10)29(3,4)5)32-34(30(6,7)8,27-20-15-13-16-21-27)28-22-17-14-18-23-28/h1,12-18,20-23,25-26H,2,19,24H2,3-10H3/t25-,26+/m1/s1. The third kappa shape index (κ3) is 6.40. The number of terminal acetylenes is 1. The van der Waals surface area contributed by atoms with Crippen LogP contribution in [-0.4, -0.2) is 28.8 Å². The Bertz CT molecular complexity index is 908. The van der Waals surface area contributed by atoms with E-state index < -0.39 is 16.6 Å². The number of hydrogen-bond acceptors (Lipinski definition) is 2. The van der Waals surface area contributed by atoms with Gasteiger partial charge >= 0.3 is 0 Å². The summed E-state index contributed by atoms with van der Waals surface area (Å²) in [6.07, 6.45) is 8.81. The van der Waals surface area contributed by atoms with Gasteiger partial charge in [0.05, 0.1) is 12.2 Å². The molecule has 0 radical (unpaired) electrons. The van der Waals surface area contributed by atoms with Crippen LogP contribution < -0.4 is 10.4 Å². The van der Waals surface area contributed by atoms with Gasteiger partial charge in [-0.1, -0.05) is 108 Å². The van der Waals surface area contributed by atoms with E-state index in [0.717, 1.165) is 0 Å². The molecule has 0 aromatic heterocycles. The summed E-state index contributed by atoms with van der Waals surface area (Å²) in [6, 6.07) is 21.4. The van der Waals surface area contributed by atoms with Crippen molar-refractivity contribution in [2.24, 2.45) is 0 Å². The largest absolute Gasteiger partial charge is 0.410 e. The van der Waals surface area contributed by atoms with Gasteiger partial charge in [-0.15, -0.1) is 18.9 Å². The Balaban J connectivity index is 2.54. The van der Waals surface area contributed by atoms with Crippen molar-refractivity contribution in [1.29, 1.82) is 0 Å². The molecule has 2 aromatic carbocycles. The van der Waals surface area contributed by atoms with Gasteiger partial charge in [-0.25, -0.2) is 0 Å². The zero-order valence-electron chi connectivity index (χ0n) is 22.5. The summed E-state index contributed by atoms with van der Waals surface area (Å²) in [6.45, 7) is 22.3. The van der Waals surface area contributed by atoms with Gasteiger partial charge in [-0.3, -0.25) is 0 Å². The fraction of sp³-hybridized carbons (Fsp3) is 0.467. The summed E-state index contributed by atoms with van der Waals surface area (Å²) in [5.74, 6) is 2.89. The molecule has 2 aromatic rings. The Morgan fingerprint density at radius 3 is 1.68 bits per heavy atom. The van der Waals surface area contributed by atoms with E-state index >= 15 is 0 Å². The molecule has 2 atom stereocenters. The van der Waals surface area contributed by atoms with E-state index in [0.29, 0.717) is 12.8 Å². The summed E-state index contributed by atoms with van der Waals surface area (Å²) in [4.78, 5) is 0. The maximum atomic E-state index is 7.33. The first kappa shape index (κ1) is 28.3. The first-order chi connectivity index (χ1) is 15.8. The van der Waals surface area contributed by atoms with E-state index in [-0.39, 0.29) is 22.3 Å². The second kappa shape index (κ2) is 11.2. The lowest BCUT2D eigenvalue weighted by Gasteiger charge is -2.46. The summed E-state index contributed by atoms with van der Waals surface area (Å²) in [5.41, 5.74) is 0. The van der Waals surface area contributed by atoms with Crippen molar-refractivity contribution < 1.29 is 8.85 Å². The quantitative estimate of drug-likeness (QED) is 0.203. The van der Waals surface area contributed by atoms with Crippen molar-refractivity contribution in [1.82, 2.24) is 0 Å². The lowest BCUT2D eigenvalue weighted by molar-refractivity contribution is 0.121. The summed E-state index contributed by atoms with van der Waals surface area (Å²) < 4.78 is 14.1. The Hall–Kier alpha value is -1.91. The highest BCUT2D eigenvalue weighted by molar-refractivity contribution is 6.99. The van der Waals surface area contributed by atoms with Crippen molar-refractivity contribution in [2.45, 2.75) is 89.8 Å². The highest BCUT2D eigenvalue weighted by atomic mass is 28.4. The van der Waals surface area contributed by atoms with Crippen LogP contribution in [0.25, 0.3) is 0 Å². The van der Waals surface area contributed by atoms with Crippen LogP contribution in [0.4, 0.5) is 0 Å². The molecule has 34 heavy (non-hydrogen) atoms. The van der Waals surface area contributed by atoms with Crippen LogP contribution in [0, 0.1) is 12.3 Å². The first-order valence-corrected chi connectivity index (χ1v) is 17.1. The zero-order chi connectivity index (χ0) is 25.6. The molecule has 0 aliphatic carbocycles. The van der Waals surface area contributed by atoms with Crippen molar-refractivity contribution in [3.63, 3.8) is 0 Å². The van der Waals surface area contributed by atoms with Gasteiger partial charge in [0, 0.05) is 12.8 Å². The molecule has 0 unspecified atom stereocenters. The lowest BCUT2D eigenvalue weighted by Crippen LogP contribution is -2.67. The van der Waals surface area contributed by atoms with Gasteiger partial charge in [0.1, 0.15) is 0 Å². The zero-order valence-corrected chi connectivity index (χ0v) is 24.5.